The molecule has 0 amide bonds. The lowest BCUT2D eigenvalue weighted by Crippen LogP contribution is -2.34. The van der Waals surface area contributed by atoms with Gasteiger partial charge in [-0.25, -0.2) is 0 Å². The van der Waals surface area contributed by atoms with E-state index >= 15 is 0 Å². The molecule has 1 fully saturated rings. The maximum atomic E-state index is 5.05. The van der Waals surface area contributed by atoms with Gasteiger partial charge in [0.15, 0.2) is 0 Å². The van der Waals surface area contributed by atoms with Gasteiger partial charge >= 0.3 is 0 Å². The number of hydrogen-bond donors (Lipinski definition) is 0. The highest BCUT2D eigenvalue weighted by Crippen LogP contribution is 2.38. The number of azo groups is 1. The van der Waals surface area contributed by atoms with E-state index in [1.807, 2.05) is 11.0 Å². The Morgan fingerprint density at radius 3 is 3.00 bits per heavy atom. The van der Waals surface area contributed by atoms with Crippen molar-refractivity contribution in [3.63, 3.8) is 0 Å². The van der Waals surface area contributed by atoms with Crippen LogP contribution in [0.2, 0.25) is 0 Å². The Bertz CT molecular complexity index is 245. The Kier molecular flexibility index (Phi) is 1.92. The molecule has 0 aromatic rings. The third kappa shape index (κ3) is 1.27. The summed E-state index contributed by atoms with van der Waals surface area (Å²) in [5, 5.41) is 8.67. The first-order chi connectivity index (χ1) is 5.83. The Hall–Kier alpha value is -0.770. The smallest absolute Gasteiger partial charge is 0.218 e. The Morgan fingerprint density at radius 2 is 2.42 bits per heavy atom. The molecule has 3 nitrogen and oxygen atoms in total. The molecule has 1 heterocycles. The van der Waals surface area contributed by atoms with Crippen LogP contribution in [-0.4, -0.2) is 22.7 Å². The molecule has 1 saturated carbocycles. The van der Waals surface area contributed by atoms with Crippen molar-refractivity contribution in [2.24, 2.45) is 16.1 Å². The lowest BCUT2D eigenvalue weighted by Gasteiger charge is -2.20. The largest absolute Gasteiger partial charge is 0.318 e. The minimum absolute atomic E-state index is 0.218. The molecule has 0 aromatic heterocycles. The molecule has 2 aliphatic rings. The molecule has 12 heavy (non-hydrogen) atoms. The van der Waals surface area contributed by atoms with Crippen LogP contribution in [0, 0.1) is 5.92 Å². The minimum Gasteiger partial charge on any atom is -0.318 e. The van der Waals surface area contributed by atoms with Crippen molar-refractivity contribution < 1.29 is 0 Å². The van der Waals surface area contributed by atoms with Crippen molar-refractivity contribution in [1.29, 1.82) is 0 Å². The number of hydrogen-bond acceptors (Lipinski definition) is 2. The van der Waals surface area contributed by atoms with Crippen molar-refractivity contribution >= 4 is 17.3 Å². The van der Waals surface area contributed by atoms with Gasteiger partial charge in [-0.2, -0.15) is 5.11 Å². The van der Waals surface area contributed by atoms with E-state index in [-0.39, 0.29) is 6.17 Å². The van der Waals surface area contributed by atoms with Crippen LogP contribution in [0.5, 0.6) is 0 Å². The zero-order valence-corrected chi connectivity index (χ0v) is 7.63. The number of thiocarbonyl (C=S) groups is 1. The maximum Gasteiger partial charge on any atom is 0.218 e. The molecule has 0 radical (unpaired) electrons. The second-order valence-electron chi connectivity index (χ2n) is 3.19. The fraction of sp³-hybridized carbons (Fsp3) is 0.625. The third-order valence-electron chi connectivity index (χ3n) is 2.20. The molecule has 0 saturated heterocycles. The van der Waals surface area contributed by atoms with Gasteiger partial charge in [0, 0.05) is 12.5 Å². The van der Waals surface area contributed by atoms with Gasteiger partial charge in [0.05, 0.1) is 0 Å². The number of rotatable bonds is 3. The summed E-state index contributed by atoms with van der Waals surface area (Å²) in [6, 6.07) is 0. The standard InChI is InChI=1S/C8H11N3S/c1-2-5-11-7(6-3-4-6)9-10-8(11)12/h2,6-7H,1,3-5H2. The zero-order valence-electron chi connectivity index (χ0n) is 6.81. The van der Waals surface area contributed by atoms with E-state index < -0.39 is 0 Å². The van der Waals surface area contributed by atoms with Gasteiger partial charge in [0.1, 0.15) is 6.17 Å². The lowest BCUT2D eigenvalue weighted by molar-refractivity contribution is 0.335. The topological polar surface area (TPSA) is 28.0 Å². The highest BCUT2D eigenvalue weighted by atomic mass is 32.1. The van der Waals surface area contributed by atoms with Crippen molar-refractivity contribution in [2.45, 2.75) is 19.0 Å². The molecule has 1 unspecified atom stereocenters. The van der Waals surface area contributed by atoms with Crippen LogP contribution in [0.1, 0.15) is 12.8 Å². The van der Waals surface area contributed by atoms with E-state index in [9.17, 15) is 0 Å². The lowest BCUT2D eigenvalue weighted by atomic mass is 10.3. The van der Waals surface area contributed by atoms with E-state index in [4.69, 9.17) is 12.2 Å². The van der Waals surface area contributed by atoms with Gasteiger partial charge < -0.3 is 4.90 Å². The van der Waals surface area contributed by atoms with E-state index in [2.05, 4.69) is 16.8 Å². The van der Waals surface area contributed by atoms with Crippen molar-refractivity contribution in [3.05, 3.63) is 12.7 Å². The summed E-state index contributed by atoms with van der Waals surface area (Å²) in [7, 11) is 0. The third-order valence-corrected chi connectivity index (χ3v) is 2.51. The molecule has 0 aromatic carbocycles. The molecular weight excluding hydrogens is 170 g/mol. The summed E-state index contributed by atoms with van der Waals surface area (Å²) >= 11 is 5.05. The molecule has 1 aliphatic carbocycles. The van der Waals surface area contributed by atoms with Gasteiger partial charge in [-0.05, 0) is 25.1 Å². The quantitative estimate of drug-likeness (QED) is 0.492. The molecular formula is C8H11N3S. The second-order valence-corrected chi connectivity index (χ2v) is 3.56. The molecule has 0 bridgehead atoms. The molecule has 0 spiro atoms. The Morgan fingerprint density at radius 1 is 1.67 bits per heavy atom. The van der Waals surface area contributed by atoms with Gasteiger partial charge in [0.2, 0.25) is 5.11 Å². The van der Waals surface area contributed by atoms with Gasteiger partial charge in [-0.3, -0.25) is 0 Å². The maximum absolute atomic E-state index is 5.05. The normalized spacial score (nSPS) is 28.2. The van der Waals surface area contributed by atoms with Crippen LogP contribution in [-0.2, 0) is 0 Å². The molecule has 64 valence electrons. The summed E-state index contributed by atoms with van der Waals surface area (Å²) < 4.78 is 0. The Balaban J connectivity index is 2.06. The van der Waals surface area contributed by atoms with Crippen LogP contribution in [0.3, 0.4) is 0 Å². The first kappa shape index (κ1) is 7.86. The summed E-state index contributed by atoms with van der Waals surface area (Å²) in [6.07, 6.45) is 4.59. The molecule has 1 atom stereocenters. The highest BCUT2D eigenvalue weighted by Gasteiger charge is 2.39. The zero-order chi connectivity index (χ0) is 8.55. The molecule has 1 aliphatic heterocycles. The van der Waals surface area contributed by atoms with Crippen molar-refractivity contribution in [2.75, 3.05) is 6.54 Å². The van der Waals surface area contributed by atoms with E-state index in [0.717, 1.165) is 6.54 Å². The van der Waals surface area contributed by atoms with Crippen LogP contribution >= 0.6 is 12.2 Å². The van der Waals surface area contributed by atoms with E-state index in [0.29, 0.717) is 11.0 Å². The van der Waals surface area contributed by atoms with Gasteiger partial charge in [0.25, 0.3) is 0 Å². The second kappa shape index (κ2) is 2.94. The molecule has 4 heteroatoms. The fourth-order valence-corrected chi connectivity index (χ4v) is 1.64. The molecule has 0 N–H and O–H groups in total. The predicted molar refractivity (Wildman–Crippen MR) is 50.9 cm³/mol. The summed E-state index contributed by atoms with van der Waals surface area (Å²) in [4.78, 5) is 2.04. The van der Waals surface area contributed by atoms with Crippen molar-refractivity contribution in [3.8, 4) is 0 Å². The Labute approximate surface area is 77.2 Å². The predicted octanol–water partition coefficient (Wildman–Crippen LogP) is 1.96. The highest BCUT2D eigenvalue weighted by molar-refractivity contribution is 7.80. The SMILES string of the molecule is C=CCN1C(=S)N=NC1C1CC1. The monoisotopic (exact) mass is 181 g/mol. The average Bonchev–Trinajstić information content (AvgIpc) is 2.82. The first-order valence-corrected chi connectivity index (χ1v) is 4.56. The average molecular weight is 181 g/mol. The van der Waals surface area contributed by atoms with Gasteiger partial charge in [-0.1, -0.05) is 6.08 Å². The van der Waals surface area contributed by atoms with Crippen LogP contribution in [0.4, 0.5) is 0 Å². The fourth-order valence-electron chi connectivity index (χ4n) is 1.41. The van der Waals surface area contributed by atoms with Crippen LogP contribution < -0.4 is 0 Å². The van der Waals surface area contributed by atoms with Crippen molar-refractivity contribution in [1.82, 2.24) is 4.90 Å². The summed E-state index contributed by atoms with van der Waals surface area (Å²) in [5.41, 5.74) is 0. The van der Waals surface area contributed by atoms with Gasteiger partial charge in [-0.15, -0.1) is 11.7 Å². The van der Waals surface area contributed by atoms with E-state index in [1.54, 1.807) is 0 Å². The minimum atomic E-state index is 0.218. The van der Waals surface area contributed by atoms with Crippen LogP contribution in [0.15, 0.2) is 22.9 Å². The molecule has 2 rings (SSSR count). The summed E-state index contributed by atoms with van der Waals surface area (Å²) in [5.74, 6) is 0.689. The number of nitrogens with zero attached hydrogens (tertiary/aromatic N) is 3. The summed E-state index contributed by atoms with van der Waals surface area (Å²) in [6.45, 7) is 4.46. The van der Waals surface area contributed by atoms with E-state index in [1.165, 1.54) is 12.8 Å². The van der Waals surface area contributed by atoms with Crippen LogP contribution in [0.25, 0.3) is 0 Å². The first-order valence-electron chi connectivity index (χ1n) is 4.15.